The van der Waals surface area contributed by atoms with Crippen LogP contribution in [0.15, 0.2) is 0 Å². The van der Waals surface area contributed by atoms with Gasteiger partial charge in [-0.25, -0.2) is 9.59 Å². The number of carbonyl (C=O) groups is 3. The highest BCUT2D eigenvalue weighted by Crippen LogP contribution is 2.45. The van der Waals surface area contributed by atoms with Crippen LogP contribution < -0.4 is 0 Å². The third-order valence-corrected chi connectivity index (χ3v) is 4.54. The molecule has 2 N–H and O–H groups in total. The highest BCUT2D eigenvalue weighted by atomic mass is 16.6. The van der Waals surface area contributed by atoms with Gasteiger partial charge in [-0.15, -0.1) is 0 Å². The first kappa shape index (κ1) is 17.5. The first-order valence-corrected chi connectivity index (χ1v) is 7.73. The summed E-state index contributed by atoms with van der Waals surface area (Å²) in [5.41, 5.74) is -1.73. The van der Waals surface area contributed by atoms with Gasteiger partial charge in [-0.1, -0.05) is 0 Å². The predicted octanol–water partition coefficient (Wildman–Crippen LogP) is 0.432. The zero-order chi connectivity index (χ0) is 17.6. The summed E-state index contributed by atoms with van der Waals surface area (Å²) < 4.78 is 5.37. The summed E-state index contributed by atoms with van der Waals surface area (Å²) >= 11 is 0. The molecule has 2 saturated heterocycles. The van der Waals surface area contributed by atoms with Gasteiger partial charge in [-0.2, -0.15) is 0 Å². The van der Waals surface area contributed by atoms with Crippen molar-refractivity contribution in [1.29, 1.82) is 0 Å². The molecule has 0 radical (unpaired) electrons. The molecular formula is C15H24N2O6. The second-order valence-electron chi connectivity index (χ2n) is 7.08. The number of rotatable bonds is 3. The zero-order valence-corrected chi connectivity index (χ0v) is 13.9. The molecule has 8 heteroatoms. The van der Waals surface area contributed by atoms with Crippen molar-refractivity contribution in [1.82, 2.24) is 9.80 Å². The van der Waals surface area contributed by atoms with E-state index >= 15 is 0 Å². The predicted molar refractivity (Wildman–Crippen MR) is 79.7 cm³/mol. The maximum absolute atomic E-state index is 12.7. The molecule has 3 atom stereocenters. The van der Waals surface area contributed by atoms with Gasteiger partial charge >= 0.3 is 12.1 Å². The molecule has 2 rings (SSSR count). The van der Waals surface area contributed by atoms with Crippen LogP contribution in [-0.4, -0.2) is 74.4 Å². The van der Waals surface area contributed by atoms with Gasteiger partial charge in [0.1, 0.15) is 11.1 Å². The standard InChI is InChI=1S/C15H24N2O6/c1-9-15(12(21)17(9)10(8-18)11(19)20)6-5-7-16(15)13(22)23-14(2,3)4/h9-10,18H,5-8H2,1-4H3,(H,19,20)/t9?,10-,15?/m0/s1. The average Bonchev–Trinajstić information content (AvgIpc) is 2.88. The molecule has 0 saturated carbocycles. The minimum atomic E-state index is -1.29. The number of carboxylic acids is 1. The van der Waals surface area contributed by atoms with Crippen LogP contribution >= 0.6 is 0 Å². The van der Waals surface area contributed by atoms with Gasteiger partial charge in [0.2, 0.25) is 0 Å². The van der Waals surface area contributed by atoms with Crippen LogP contribution in [0.2, 0.25) is 0 Å². The quantitative estimate of drug-likeness (QED) is 0.728. The van der Waals surface area contributed by atoms with E-state index in [0.717, 1.165) is 4.90 Å². The maximum Gasteiger partial charge on any atom is 0.411 e. The van der Waals surface area contributed by atoms with Crippen molar-refractivity contribution in [2.45, 2.75) is 63.8 Å². The second-order valence-corrected chi connectivity index (χ2v) is 7.08. The average molecular weight is 328 g/mol. The molecule has 0 aromatic heterocycles. The second kappa shape index (κ2) is 5.67. The van der Waals surface area contributed by atoms with Crippen molar-refractivity contribution in [2.75, 3.05) is 13.2 Å². The molecule has 2 unspecified atom stereocenters. The lowest BCUT2D eigenvalue weighted by atomic mass is 9.76. The summed E-state index contributed by atoms with van der Waals surface area (Å²) in [5, 5.41) is 18.4. The molecule has 2 heterocycles. The van der Waals surface area contributed by atoms with Gasteiger partial charge in [-0.3, -0.25) is 9.69 Å². The molecule has 23 heavy (non-hydrogen) atoms. The summed E-state index contributed by atoms with van der Waals surface area (Å²) in [6.45, 7) is 6.69. The number of ether oxygens (including phenoxy) is 1. The fraction of sp³-hybridized carbons (Fsp3) is 0.800. The van der Waals surface area contributed by atoms with E-state index in [9.17, 15) is 19.5 Å². The Labute approximate surface area is 135 Å². The van der Waals surface area contributed by atoms with E-state index in [2.05, 4.69) is 0 Å². The minimum absolute atomic E-state index is 0.399. The third-order valence-electron chi connectivity index (χ3n) is 4.54. The number of likely N-dealkylation sites (tertiary alicyclic amines) is 2. The number of amides is 2. The van der Waals surface area contributed by atoms with Gasteiger partial charge in [-0.05, 0) is 40.5 Å². The van der Waals surface area contributed by atoms with E-state index < -0.39 is 47.8 Å². The number of β-lactam (4-membered cyclic amide) rings is 1. The van der Waals surface area contributed by atoms with Crippen LogP contribution in [0.25, 0.3) is 0 Å². The van der Waals surface area contributed by atoms with Crippen LogP contribution in [0.5, 0.6) is 0 Å². The molecule has 0 aromatic rings. The minimum Gasteiger partial charge on any atom is -0.480 e. The summed E-state index contributed by atoms with van der Waals surface area (Å²) in [5.74, 6) is -1.70. The normalized spacial score (nSPS) is 28.7. The summed E-state index contributed by atoms with van der Waals surface area (Å²) in [6, 6.07) is -1.78. The van der Waals surface area contributed by atoms with E-state index in [-0.39, 0.29) is 0 Å². The number of aliphatic hydroxyl groups excluding tert-OH is 1. The van der Waals surface area contributed by atoms with Crippen LogP contribution in [0.1, 0.15) is 40.5 Å². The lowest BCUT2D eigenvalue weighted by Gasteiger charge is -2.57. The number of carboxylic acid groups (broad SMARTS) is 1. The van der Waals surface area contributed by atoms with Gasteiger partial charge in [0.15, 0.2) is 6.04 Å². The molecule has 0 bridgehead atoms. The van der Waals surface area contributed by atoms with E-state index in [1.165, 1.54) is 4.90 Å². The van der Waals surface area contributed by atoms with Gasteiger partial charge in [0, 0.05) is 6.54 Å². The monoisotopic (exact) mass is 328 g/mol. The molecular weight excluding hydrogens is 304 g/mol. The van der Waals surface area contributed by atoms with Crippen molar-refractivity contribution in [3.05, 3.63) is 0 Å². The molecule has 2 aliphatic rings. The number of hydrogen-bond donors (Lipinski definition) is 2. The Morgan fingerprint density at radius 3 is 2.48 bits per heavy atom. The Hall–Kier alpha value is -1.83. The van der Waals surface area contributed by atoms with Crippen LogP contribution in [-0.2, 0) is 14.3 Å². The lowest BCUT2D eigenvalue weighted by molar-refractivity contribution is -0.184. The zero-order valence-electron chi connectivity index (χ0n) is 13.9. The number of aliphatic carboxylic acids is 1. The van der Waals surface area contributed by atoms with Crippen LogP contribution in [0, 0.1) is 0 Å². The molecule has 0 aliphatic carbocycles. The highest BCUT2D eigenvalue weighted by molar-refractivity contribution is 6.00. The van der Waals surface area contributed by atoms with Crippen molar-refractivity contribution in [3.8, 4) is 0 Å². The fourth-order valence-electron chi connectivity index (χ4n) is 3.51. The van der Waals surface area contributed by atoms with Crippen molar-refractivity contribution in [3.63, 3.8) is 0 Å². The number of nitrogens with zero attached hydrogens (tertiary/aromatic N) is 2. The summed E-state index contributed by atoms with van der Waals surface area (Å²) in [4.78, 5) is 38.9. The SMILES string of the molecule is CC1N([C@@H](CO)C(=O)O)C(=O)C12CCCN2C(=O)OC(C)(C)C. The maximum atomic E-state index is 12.7. The number of hydrogen-bond acceptors (Lipinski definition) is 5. The lowest BCUT2D eigenvalue weighted by Crippen LogP contribution is -2.80. The van der Waals surface area contributed by atoms with Crippen LogP contribution in [0.4, 0.5) is 4.79 Å². The first-order chi connectivity index (χ1) is 10.6. The van der Waals surface area contributed by atoms with Crippen molar-refractivity contribution >= 4 is 18.0 Å². The topological polar surface area (TPSA) is 107 Å². The summed E-state index contributed by atoms with van der Waals surface area (Å²) in [7, 11) is 0. The highest BCUT2D eigenvalue weighted by Gasteiger charge is 2.67. The largest absolute Gasteiger partial charge is 0.480 e. The molecule has 1 spiro atoms. The Balaban J connectivity index is 2.23. The first-order valence-electron chi connectivity index (χ1n) is 7.73. The molecule has 2 amide bonds. The van der Waals surface area contributed by atoms with Crippen LogP contribution in [0.3, 0.4) is 0 Å². The van der Waals surface area contributed by atoms with E-state index in [1.807, 2.05) is 0 Å². The van der Waals surface area contributed by atoms with E-state index in [0.29, 0.717) is 19.4 Å². The Bertz CT molecular complexity index is 529. The molecule has 130 valence electrons. The van der Waals surface area contributed by atoms with Crippen molar-refractivity contribution < 1.29 is 29.3 Å². The third kappa shape index (κ3) is 2.65. The van der Waals surface area contributed by atoms with Crippen molar-refractivity contribution in [2.24, 2.45) is 0 Å². The van der Waals surface area contributed by atoms with Gasteiger partial charge in [0.05, 0.1) is 12.6 Å². The summed E-state index contributed by atoms with van der Waals surface area (Å²) in [6.07, 6.45) is 0.561. The molecule has 2 aliphatic heterocycles. The van der Waals surface area contributed by atoms with Gasteiger partial charge in [0.25, 0.3) is 5.91 Å². The Morgan fingerprint density at radius 1 is 1.43 bits per heavy atom. The molecule has 0 aromatic carbocycles. The number of carbonyl (C=O) groups excluding carboxylic acids is 2. The van der Waals surface area contributed by atoms with E-state index in [4.69, 9.17) is 9.84 Å². The number of aliphatic hydroxyl groups is 1. The molecule has 8 nitrogen and oxygen atoms in total. The van der Waals surface area contributed by atoms with E-state index in [1.54, 1.807) is 27.7 Å². The Kier molecular flexibility index (Phi) is 4.32. The smallest absolute Gasteiger partial charge is 0.411 e. The van der Waals surface area contributed by atoms with Gasteiger partial charge < -0.3 is 19.8 Å². The fourth-order valence-corrected chi connectivity index (χ4v) is 3.51. The Morgan fingerprint density at radius 2 is 2.04 bits per heavy atom. The molecule has 2 fully saturated rings.